The number of hydrogen-bond donors (Lipinski definition) is 1. The number of ether oxygens (including phenoxy) is 1. The van der Waals surface area contributed by atoms with Crippen LogP contribution in [-0.4, -0.2) is 26.8 Å². The molecule has 102 valence electrons. The Morgan fingerprint density at radius 2 is 2.00 bits per heavy atom. The first-order valence-corrected chi connectivity index (χ1v) is 7.38. The number of rotatable bonds is 7. The van der Waals surface area contributed by atoms with Gasteiger partial charge in [0.15, 0.2) is 0 Å². The van der Waals surface area contributed by atoms with Crippen molar-refractivity contribution in [2.75, 3.05) is 26.8 Å². The molecule has 0 spiro atoms. The summed E-state index contributed by atoms with van der Waals surface area (Å²) in [5.41, 5.74) is 0. The van der Waals surface area contributed by atoms with Crippen molar-refractivity contribution in [2.45, 2.75) is 46.5 Å². The normalized spacial score (nSPS) is 29.8. The van der Waals surface area contributed by atoms with Crippen molar-refractivity contribution in [3.63, 3.8) is 0 Å². The van der Waals surface area contributed by atoms with Crippen molar-refractivity contribution < 1.29 is 4.74 Å². The summed E-state index contributed by atoms with van der Waals surface area (Å²) in [7, 11) is 1.84. The Hall–Kier alpha value is -0.0800. The molecule has 0 bridgehead atoms. The Labute approximate surface area is 108 Å². The minimum atomic E-state index is 0.769. The average Bonchev–Trinajstić information content (AvgIpc) is 2.31. The predicted molar refractivity (Wildman–Crippen MR) is 74.2 cm³/mol. The van der Waals surface area contributed by atoms with Crippen LogP contribution in [0.3, 0.4) is 0 Å². The lowest BCUT2D eigenvalue weighted by molar-refractivity contribution is 0.0625. The highest BCUT2D eigenvalue weighted by molar-refractivity contribution is 4.82. The molecule has 0 saturated heterocycles. The van der Waals surface area contributed by atoms with Gasteiger partial charge in [-0.2, -0.15) is 0 Å². The van der Waals surface area contributed by atoms with E-state index in [-0.39, 0.29) is 0 Å². The minimum absolute atomic E-state index is 0.769. The minimum Gasteiger partial charge on any atom is -0.384 e. The molecule has 3 unspecified atom stereocenters. The van der Waals surface area contributed by atoms with Crippen LogP contribution in [0.15, 0.2) is 0 Å². The lowest BCUT2D eigenvalue weighted by Gasteiger charge is -2.37. The highest BCUT2D eigenvalue weighted by Gasteiger charge is 2.31. The zero-order chi connectivity index (χ0) is 12.7. The monoisotopic (exact) mass is 241 g/mol. The Balaban J connectivity index is 2.41. The summed E-state index contributed by atoms with van der Waals surface area (Å²) in [6.45, 7) is 10.3. The van der Waals surface area contributed by atoms with E-state index < -0.39 is 0 Å². The molecule has 2 heteroatoms. The molecule has 2 nitrogen and oxygen atoms in total. The molecular weight excluding hydrogens is 210 g/mol. The van der Waals surface area contributed by atoms with Crippen LogP contribution in [0.1, 0.15) is 46.5 Å². The van der Waals surface area contributed by atoms with Crippen molar-refractivity contribution in [1.82, 2.24) is 5.32 Å². The van der Waals surface area contributed by atoms with Gasteiger partial charge in [0.2, 0.25) is 0 Å². The zero-order valence-corrected chi connectivity index (χ0v) is 12.2. The zero-order valence-electron chi connectivity index (χ0n) is 12.2. The summed E-state index contributed by atoms with van der Waals surface area (Å²) in [5.74, 6) is 3.35. The van der Waals surface area contributed by atoms with Crippen LogP contribution in [-0.2, 0) is 4.74 Å². The highest BCUT2D eigenvalue weighted by Crippen LogP contribution is 2.37. The molecule has 0 radical (unpaired) electrons. The largest absolute Gasteiger partial charge is 0.384 e. The van der Waals surface area contributed by atoms with Crippen molar-refractivity contribution in [2.24, 2.45) is 23.7 Å². The second kappa shape index (κ2) is 8.10. The van der Waals surface area contributed by atoms with E-state index in [1.54, 1.807) is 0 Å². The molecule has 0 heterocycles. The van der Waals surface area contributed by atoms with Gasteiger partial charge in [0, 0.05) is 13.7 Å². The molecule has 17 heavy (non-hydrogen) atoms. The second-order valence-electron chi connectivity index (χ2n) is 6.00. The number of nitrogens with one attached hydrogen (secondary N) is 1. The molecule has 0 aliphatic heterocycles. The van der Waals surface area contributed by atoms with Crippen molar-refractivity contribution in [3.8, 4) is 0 Å². The predicted octanol–water partition coefficient (Wildman–Crippen LogP) is 3.32. The number of hydrogen-bond acceptors (Lipinski definition) is 2. The van der Waals surface area contributed by atoms with E-state index >= 15 is 0 Å². The Bertz CT molecular complexity index is 193. The highest BCUT2D eigenvalue weighted by atomic mass is 16.5. The maximum absolute atomic E-state index is 5.42. The van der Waals surface area contributed by atoms with Crippen LogP contribution in [0.5, 0.6) is 0 Å². The van der Waals surface area contributed by atoms with E-state index in [1.807, 2.05) is 7.11 Å². The van der Waals surface area contributed by atoms with Gasteiger partial charge in [0.1, 0.15) is 0 Å². The van der Waals surface area contributed by atoms with Gasteiger partial charge in [-0.3, -0.25) is 0 Å². The first-order valence-electron chi connectivity index (χ1n) is 7.38. The third-order valence-corrected chi connectivity index (χ3v) is 4.34. The van der Waals surface area contributed by atoms with E-state index in [0.29, 0.717) is 0 Å². The fraction of sp³-hybridized carbons (Fsp3) is 1.00. The molecule has 1 saturated carbocycles. The Morgan fingerprint density at radius 1 is 1.24 bits per heavy atom. The second-order valence-corrected chi connectivity index (χ2v) is 6.00. The van der Waals surface area contributed by atoms with Crippen LogP contribution in [0, 0.1) is 23.7 Å². The maximum Gasteiger partial charge on any atom is 0.0493 e. The van der Waals surface area contributed by atoms with Crippen molar-refractivity contribution in [3.05, 3.63) is 0 Å². The van der Waals surface area contributed by atoms with Gasteiger partial charge < -0.3 is 10.1 Å². The number of methoxy groups -OCH3 is 1. The van der Waals surface area contributed by atoms with Gasteiger partial charge in [0.05, 0.1) is 0 Å². The van der Waals surface area contributed by atoms with Gasteiger partial charge >= 0.3 is 0 Å². The van der Waals surface area contributed by atoms with Crippen molar-refractivity contribution in [1.29, 1.82) is 0 Å². The topological polar surface area (TPSA) is 21.3 Å². The summed E-state index contributed by atoms with van der Waals surface area (Å²) in [6.07, 6.45) is 5.39. The van der Waals surface area contributed by atoms with Gasteiger partial charge in [-0.1, -0.05) is 20.8 Å². The van der Waals surface area contributed by atoms with E-state index in [9.17, 15) is 0 Å². The van der Waals surface area contributed by atoms with Gasteiger partial charge in [-0.05, 0) is 62.4 Å². The molecule has 1 N–H and O–H groups in total. The third kappa shape index (κ3) is 4.97. The van der Waals surface area contributed by atoms with Gasteiger partial charge in [-0.25, -0.2) is 0 Å². The Morgan fingerprint density at radius 3 is 2.59 bits per heavy atom. The summed E-state index contributed by atoms with van der Waals surface area (Å²) < 4.78 is 5.42. The molecule has 1 rings (SSSR count). The lowest BCUT2D eigenvalue weighted by atomic mass is 9.71. The van der Waals surface area contributed by atoms with E-state index in [4.69, 9.17) is 4.74 Å². The van der Waals surface area contributed by atoms with E-state index in [2.05, 4.69) is 26.1 Å². The van der Waals surface area contributed by atoms with E-state index in [1.165, 1.54) is 32.2 Å². The third-order valence-electron chi connectivity index (χ3n) is 4.34. The van der Waals surface area contributed by atoms with Gasteiger partial charge in [-0.15, -0.1) is 0 Å². The maximum atomic E-state index is 5.42. The fourth-order valence-corrected chi connectivity index (χ4v) is 3.12. The van der Waals surface area contributed by atoms with Crippen LogP contribution < -0.4 is 5.32 Å². The quantitative estimate of drug-likeness (QED) is 0.690. The summed E-state index contributed by atoms with van der Waals surface area (Å²) in [4.78, 5) is 0. The molecule has 0 amide bonds. The molecule has 0 aromatic carbocycles. The average molecular weight is 241 g/mol. The molecule has 3 atom stereocenters. The molecule has 1 fully saturated rings. The van der Waals surface area contributed by atoms with Crippen LogP contribution in [0.4, 0.5) is 0 Å². The van der Waals surface area contributed by atoms with Gasteiger partial charge in [0.25, 0.3) is 0 Å². The molecule has 1 aliphatic carbocycles. The molecule has 1 aliphatic rings. The van der Waals surface area contributed by atoms with Crippen LogP contribution in [0.25, 0.3) is 0 Å². The van der Waals surface area contributed by atoms with Crippen molar-refractivity contribution >= 4 is 0 Å². The summed E-state index contributed by atoms with van der Waals surface area (Å²) in [5, 5.41) is 3.58. The van der Waals surface area contributed by atoms with Crippen LogP contribution >= 0.6 is 0 Å². The lowest BCUT2D eigenvalue weighted by Crippen LogP contribution is -2.36. The molecular formula is C15H31NO. The first-order chi connectivity index (χ1) is 8.19. The first kappa shape index (κ1) is 15.0. The fourth-order valence-electron chi connectivity index (χ4n) is 3.12. The standard InChI is InChI=1S/C15H31NO/c1-5-8-16-10-14-7-6-13(12(2)3)9-15(14)11-17-4/h12-16H,5-11H2,1-4H3. The summed E-state index contributed by atoms with van der Waals surface area (Å²) in [6, 6.07) is 0. The molecule has 0 aromatic heterocycles. The smallest absolute Gasteiger partial charge is 0.0493 e. The Kier molecular flexibility index (Phi) is 7.14. The summed E-state index contributed by atoms with van der Waals surface area (Å²) >= 11 is 0. The molecule has 0 aromatic rings. The SMILES string of the molecule is CCCNCC1CCC(C(C)C)CC1COC. The van der Waals surface area contributed by atoms with E-state index in [0.717, 1.165) is 36.8 Å². The van der Waals surface area contributed by atoms with Crippen LogP contribution in [0.2, 0.25) is 0 Å².